The number of carbonyl (C=O) groups is 1. The molecular weight excluding hydrogens is 416 g/mol. The number of halogens is 1. The number of amides is 1. The first kappa shape index (κ1) is 20.6. The van der Waals surface area contributed by atoms with E-state index in [0.717, 1.165) is 16.5 Å². The minimum Gasteiger partial charge on any atom is -0.349 e. The van der Waals surface area contributed by atoms with Gasteiger partial charge in [-0.3, -0.25) is 9.10 Å². The van der Waals surface area contributed by atoms with Gasteiger partial charge in [0.25, 0.3) is 15.9 Å². The first-order valence-corrected chi connectivity index (χ1v) is 11.4. The average molecular weight is 437 g/mol. The van der Waals surface area contributed by atoms with Gasteiger partial charge in [0.2, 0.25) is 0 Å². The van der Waals surface area contributed by atoms with Crippen LogP contribution in [0.4, 0.5) is 5.69 Å². The van der Waals surface area contributed by atoms with Crippen LogP contribution in [0, 0.1) is 0 Å². The quantitative estimate of drug-likeness (QED) is 0.597. The summed E-state index contributed by atoms with van der Waals surface area (Å²) in [4.78, 5) is 13.1. The number of fused-ring (bicyclic) bond motifs is 1. The molecule has 0 saturated heterocycles. The minimum absolute atomic E-state index is 0.101. The molecule has 148 valence electrons. The van der Waals surface area contributed by atoms with E-state index in [1.54, 1.807) is 30.3 Å². The highest BCUT2D eigenvalue weighted by atomic mass is 35.5. The summed E-state index contributed by atoms with van der Waals surface area (Å²) < 4.78 is 27.9. The van der Waals surface area contributed by atoms with Gasteiger partial charge in [0, 0.05) is 22.8 Å². The van der Waals surface area contributed by atoms with Crippen LogP contribution in [0.5, 0.6) is 0 Å². The van der Waals surface area contributed by atoms with Gasteiger partial charge >= 0.3 is 0 Å². The fourth-order valence-corrected chi connectivity index (χ4v) is 4.90. The Morgan fingerprint density at radius 1 is 1.18 bits per heavy atom. The maximum absolute atomic E-state index is 12.9. The molecule has 0 spiro atoms. The Bertz CT molecular complexity index is 1110. The van der Waals surface area contributed by atoms with E-state index >= 15 is 0 Å². The van der Waals surface area contributed by atoms with Gasteiger partial charge in [-0.05, 0) is 67.3 Å². The third kappa shape index (κ3) is 4.16. The summed E-state index contributed by atoms with van der Waals surface area (Å²) in [5.41, 5.74) is 0.522. The van der Waals surface area contributed by atoms with Crippen LogP contribution in [0.25, 0.3) is 10.1 Å². The molecular formula is C20H21ClN2O3S2. The zero-order valence-corrected chi connectivity index (χ0v) is 18.2. The van der Waals surface area contributed by atoms with Gasteiger partial charge in [-0.15, -0.1) is 11.3 Å². The minimum atomic E-state index is -3.71. The highest BCUT2D eigenvalue weighted by Crippen LogP contribution is 2.31. The molecule has 0 aliphatic rings. The number of benzene rings is 2. The van der Waals surface area contributed by atoms with Gasteiger partial charge in [0.1, 0.15) is 0 Å². The van der Waals surface area contributed by atoms with Gasteiger partial charge in [-0.25, -0.2) is 8.42 Å². The van der Waals surface area contributed by atoms with E-state index in [1.165, 1.54) is 34.8 Å². The molecule has 0 radical (unpaired) electrons. The third-order valence-corrected chi connectivity index (χ3v) is 7.72. The largest absolute Gasteiger partial charge is 0.349 e. The topological polar surface area (TPSA) is 66.5 Å². The first-order chi connectivity index (χ1) is 13.2. The van der Waals surface area contributed by atoms with Gasteiger partial charge in [0.05, 0.1) is 15.5 Å². The molecule has 8 heteroatoms. The van der Waals surface area contributed by atoms with Crippen molar-refractivity contribution in [2.24, 2.45) is 0 Å². The predicted molar refractivity (Wildman–Crippen MR) is 116 cm³/mol. The van der Waals surface area contributed by atoms with E-state index < -0.39 is 10.0 Å². The van der Waals surface area contributed by atoms with Crippen molar-refractivity contribution in [3.8, 4) is 0 Å². The summed E-state index contributed by atoms with van der Waals surface area (Å²) in [5.74, 6) is -0.112. The Hall–Kier alpha value is -2.09. The van der Waals surface area contributed by atoms with Crippen molar-refractivity contribution in [2.75, 3.05) is 11.4 Å². The van der Waals surface area contributed by atoms with Crippen molar-refractivity contribution in [1.82, 2.24) is 5.32 Å². The average Bonchev–Trinajstić information content (AvgIpc) is 3.11. The molecule has 0 aliphatic carbocycles. The Labute approximate surface area is 174 Å². The maximum Gasteiger partial charge on any atom is 0.264 e. The predicted octanol–water partition coefficient (Wildman–Crippen LogP) is 4.91. The monoisotopic (exact) mass is 436 g/mol. The standard InChI is InChI=1S/C20H21ClN2O3S2/c1-4-13(2)22-20(24)19-12-14-11-16(7-10-18(14)27-19)23(3)28(25,26)17-8-5-15(21)6-9-17/h5-13H,4H2,1-3H3,(H,22,24). The number of nitrogens with one attached hydrogen (secondary N) is 1. The third-order valence-electron chi connectivity index (χ3n) is 4.55. The van der Waals surface area contributed by atoms with Crippen molar-refractivity contribution >= 4 is 54.6 Å². The Morgan fingerprint density at radius 3 is 2.50 bits per heavy atom. The molecule has 1 aromatic heterocycles. The summed E-state index contributed by atoms with van der Waals surface area (Å²) in [7, 11) is -2.20. The van der Waals surface area contributed by atoms with E-state index in [0.29, 0.717) is 15.6 Å². The van der Waals surface area contributed by atoms with Crippen LogP contribution in [0.1, 0.15) is 29.9 Å². The molecule has 1 N–H and O–H groups in total. The summed E-state index contributed by atoms with van der Waals surface area (Å²) in [6.07, 6.45) is 0.855. The molecule has 0 fully saturated rings. The Balaban J connectivity index is 1.91. The second-order valence-electron chi connectivity index (χ2n) is 6.54. The van der Waals surface area contributed by atoms with Crippen LogP contribution in [-0.4, -0.2) is 27.4 Å². The molecule has 2 aromatic carbocycles. The number of hydrogen-bond acceptors (Lipinski definition) is 4. The first-order valence-electron chi connectivity index (χ1n) is 8.81. The van der Waals surface area contributed by atoms with Crippen LogP contribution >= 0.6 is 22.9 Å². The highest BCUT2D eigenvalue weighted by molar-refractivity contribution is 7.92. The van der Waals surface area contributed by atoms with E-state index in [-0.39, 0.29) is 16.8 Å². The van der Waals surface area contributed by atoms with Crippen molar-refractivity contribution < 1.29 is 13.2 Å². The molecule has 3 aromatic rings. The maximum atomic E-state index is 12.9. The number of anilines is 1. The number of nitrogens with zero attached hydrogens (tertiary/aromatic N) is 1. The Morgan fingerprint density at radius 2 is 1.86 bits per heavy atom. The van der Waals surface area contributed by atoms with Gasteiger partial charge < -0.3 is 5.32 Å². The smallest absolute Gasteiger partial charge is 0.264 e. The van der Waals surface area contributed by atoms with E-state index in [4.69, 9.17) is 11.6 Å². The van der Waals surface area contributed by atoms with Crippen molar-refractivity contribution in [1.29, 1.82) is 0 Å². The number of rotatable bonds is 6. The summed E-state index contributed by atoms with van der Waals surface area (Å²) in [6, 6.07) is 13.3. The molecule has 0 aliphatic heterocycles. The molecule has 28 heavy (non-hydrogen) atoms. The zero-order chi connectivity index (χ0) is 20.5. The Kier molecular flexibility index (Phi) is 5.98. The lowest BCUT2D eigenvalue weighted by Crippen LogP contribution is -2.31. The van der Waals surface area contributed by atoms with E-state index in [9.17, 15) is 13.2 Å². The number of hydrogen-bond donors (Lipinski definition) is 1. The van der Waals surface area contributed by atoms with Crippen molar-refractivity contribution in [2.45, 2.75) is 31.2 Å². The lowest BCUT2D eigenvalue weighted by atomic mass is 10.2. The number of sulfonamides is 1. The van der Waals surface area contributed by atoms with Crippen LogP contribution in [0.15, 0.2) is 53.4 Å². The fourth-order valence-electron chi connectivity index (χ4n) is 2.64. The van der Waals surface area contributed by atoms with Crippen molar-refractivity contribution in [3.05, 3.63) is 58.4 Å². The molecule has 1 heterocycles. The SMILES string of the molecule is CCC(C)NC(=O)c1cc2cc(N(C)S(=O)(=O)c3ccc(Cl)cc3)ccc2s1. The van der Waals surface area contributed by atoms with Gasteiger partial charge in [-0.2, -0.15) is 0 Å². The van der Waals surface area contributed by atoms with E-state index in [2.05, 4.69) is 5.32 Å². The summed E-state index contributed by atoms with van der Waals surface area (Å²) in [5, 5.41) is 4.25. The molecule has 1 atom stereocenters. The molecule has 1 unspecified atom stereocenters. The molecule has 5 nitrogen and oxygen atoms in total. The summed E-state index contributed by atoms with van der Waals surface area (Å²) >= 11 is 7.24. The van der Waals surface area contributed by atoms with Crippen molar-refractivity contribution in [3.63, 3.8) is 0 Å². The second-order valence-corrected chi connectivity index (χ2v) is 10.0. The number of thiophene rings is 1. The fraction of sp³-hybridized carbons (Fsp3) is 0.250. The lowest BCUT2D eigenvalue weighted by Gasteiger charge is -2.19. The van der Waals surface area contributed by atoms with E-state index in [1.807, 2.05) is 19.9 Å². The molecule has 0 bridgehead atoms. The van der Waals surface area contributed by atoms with Crippen LogP contribution < -0.4 is 9.62 Å². The molecule has 1 amide bonds. The summed E-state index contributed by atoms with van der Waals surface area (Å²) in [6.45, 7) is 3.97. The zero-order valence-electron chi connectivity index (χ0n) is 15.8. The van der Waals surface area contributed by atoms with Gasteiger partial charge in [-0.1, -0.05) is 18.5 Å². The highest BCUT2D eigenvalue weighted by Gasteiger charge is 2.22. The molecule has 3 rings (SSSR count). The second kappa shape index (κ2) is 8.11. The van der Waals surface area contributed by atoms with Gasteiger partial charge in [0.15, 0.2) is 0 Å². The normalized spacial score (nSPS) is 12.7. The van der Waals surface area contributed by atoms with Crippen LogP contribution in [0.3, 0.4) is 0 Å². The van der Waals surface area contributed by atoms with Crippen LogP contribution in [0.2, 0.25) is 5.02 Å². The molecule has 0 saturated carbocycles. The lowest BCUT2D eigenvalue weighted by molar-refractivity contribution is 0.0943. The number of carbonyl (C=O) groups excluding carboxylic acids is 1. The van der Waals surface area contributed by atoms with Crippen LogP contribution in [-0.2, 0) is 10.0 Å².